The van der Waals surface area contributed by atoms with Crippen LogP contribution in [-0.2, 0) is 17.6 Å². The third-order valence-corrected chi connectivity index (χ3v) is 4.55. The number of hydrogen-bond donors (Lipinski definition) is 1. The Morgan fingerprint density at radius 2 is 1.85 bits per heavy atom. The summed E-state index contributed by atoms with van der Waals surface area (Å²) in [6, 6.07) is 16.8. The van der Waals surface area contributed by atoms with Crippen LogP contribution in [0.15, 0.2) is 48.5 Å². The number of carbonyl (C=O) groups is 2. The van der Waals surface area contributed by atoms with Gasteiger partial charge >= 0.3 is 6.09 Å². The second-order valence-corrected chi connectivity index (χ2v) is 7.82. The van der Waals surface area contributed by atoms with E-state index in [1.165, 1.54) is 0 Å². The molecule has 1 aliphatic rings. The van der Waals surface area contributed by atoms with E-state index in [2.05, 4.69) is 11.4 Å². The van der Waals surface area contributed by atoms with E-state index in [0.29, 0.717) is 17.7 Å². The molecule has 27 heavy (non-hydrogen) atoms. The first-order valence-electron chi connectivity index (χ1n) is 8.86. The Kier molecular flexibility index (Phi) is 4.75. The van der Waals surface area contributed by atoms with E-state index in [1.807, 2.05) is 30.3 Å². The molecule has 1 aliphatic carbocycles. The van der Waals surface area contributed by atoms with Gasteiger partial charge in [0.25, 0.3) is 0 Å². The van der Waals surface area contributed by atoms with Gasteiger partial charge in [0.1, 0.15) is 11.0 Å². The number of amides is 1. The molecular weight excluding hydrogens is 340 g/mol. The minimum Gasteiger partial charge on any atom is -0.444 e. The fourth-order valence-corrected chi connectivity index (χ4v) is 3.37. The topological polar surface area (TPSA) is 79.2 Å². The van der Waals surface area contributed by atoms with E-state index in [1.54, 1.807) is 39.0 Å². The third kappa shape index (κ3) is 3.85. The minimum absolute atomic E-state index is 0.160. The van der Waals surface area contributed by atoms with Gasteiger partial charge in [0, 0.05) is 17.7 Å². The molecule has 0 heterocycles. The number of nitrogens with zero attached hydrogens (tertiary/aromatic N) is 1. The van der Waals surface area contributed by atoms with Crippen LogP contribution in [0.1, 0.15) is 42.3 Å². The van der Waals surface area contributed by atoms with Crippen LogP contribution in [-0.4, -0.2) is 17.5 Å². The predicted octanol–water partition coefficient (Wildman–Crippen LogP) is 4.53. The number of hydrogen-bond acceptors (Lipinski definition) is 4. The van der Waals surface area contributed by atoms with Gasteiger partial charge in [0.15, 0.2) is 5.78 Å². The first-order chi connectivity index (χ1) is 12.7. The number of benzene rings is 2. The maximum absolute atomic E-state index is 12.9. The van der Waals surface area contributed by atoms with E-state index in [-0.39, 0.29) is 12.2 Å². The lowest BCUT2D eigenvalue weighted by molar-refractivity contribution is 0.0635. The Balaban J connectivity index is 1.87. The molecule has 0 spiro atoms. The molecule has 2 aromatic carbocycles. The third-order valence-electron chi connectivity index (χ3n) is 4.55. The van der Waals surface area contributed by atoms with Crippen molar-refractivity contribution < 1.29 is 14.3 Å². The van der Waals surface area contributed by atoms with E-state index in [9.17, 15) is 14.9 Å². The van der Waals surface area contributed by atoms with Crippen LogP contribution in [0.5, 0.6) is 0 Å². The average molecular weight is 362 g/mol. The van der Waals surface area contributed by atoms with Gasteiger partial charge in [-0.1, -0.05) is 42.5 Å². The summed E-state index contributed by atoms with van der Waals surface area (Å²) in [6.07, 6.45) is 0.0319. The molecule has 1 amide bonds. The van der Waals surface area contributed by atoms with Gasteiger partial charge < -0.3 is 4.74 Å². The quantitative estimate of drug-likeness (QED) is 0.870. The number of fused-ring (bicyclic) bond motifs is 1. The number of Topliss-reactive ketones (excluding diaryl/α,β-unsaturated/α-hetero) is 1. The van der Waals surface area contributed by atoms with Gasteiger partial charge in [-0.25, -0.2) is 4.79 Å². The largest absolute Gasteiger partial charge is 0.444 e. The summed E-state index contributed by atoms with van der Waals surface area (Å²) >= 11 is 0. The van der Waals surface area contributed by atoms with Crippen LogP contribution in [0.25, 0.3) is 0 Å². The van der Waals surface area contributed by atoms with Gasteiger partial charge in [0.05, 0.1) is 6.07 Å². The van der Waals surface area contributed by atoms with Crippen molar-refractivity contribution >= 4 is 17.6 Å². The van der Waals surface area contributed by atoms with E-state index >= 15 is 0 Å². The lowest BCUT2D eigenvalue weighted by atomic mass is 9.79. The van der Waals surface area contributed by atoms with Crippen LogP contribution >= 0.6 is 0 Å². The van der Waals surface area contributed by atoms with Crippen LogP contribution in [0.3, 0.4) is 0 Å². The molecular formula is C22H22N2O3. The highest BCUT2D eigenvalue weighted by molar-refractivity contribution is 6.07. The normalized spacial score (nSPS) is 18.5. The Hall–Kier alpha value is -3.13. The number of ketones is 1. The Bertz CT molecular complexity index is 937. The maximum Gasteiger partial charge on any atom is 0.412 e. The van der Waals surface area contributed by atoms with Crippen LogP contribution < -0.4 is 5.32 Å². The van der Waals surface area contributed by atoms with Crippen LogP contribution in [0.2, 0.25) is 0 Å². The molecule has 0 fully saturated rings. The van der Waals surface area contributed by atoms with Crippen molar-refractivity contribution in [1.29, 1.82) is 5.26 Å². The standard InChI is InChI=1S/C22H22N2O3/c1-21(2,3)27-20(26)24-18-11-7-5-9-16(18)13-22(14-23)12-15-8-4-6-10-17(15)19(22)25/h4-11H,12-13H2,1-3H3,(H,24,26)/t22-/m0/s1. The van der Waals surface area contributed by atoms with Crippen LogP contribution in [0, 0.1) is 16.7 Å². The van der Waals surface area contributed by atoms with Crippen molar-refractivity contribution in [1.82, 2.24) is 0 Å². The van der Waals surface area contributed by atoms with Crippen molar-refractivity contribution in [2.75, 3.05) is 5.32 Å². The van der Waals surface area contributed by atoms with E-state index in [4.69, 9.17) is 4.74 Å². The average Bonchev–Trinajstić information content (AvgIpc) is 2.88. The molecule has 0 saturated heterocycles. The molecule has 5 heteroatoms. The van der Waals surface area contributed by atoms with Crippen molar-refractivity contribution in [2.45, 2.75) is 39.2 Å². The zero-order valence-corrected chi connectivity index (χ0v) is 15.7. The number of ether oxygens (including phenoxy) is 1. The molecule has 138 valence electrons. The Labute approximate surface area is 159 Å². The molecule has 0 radical (unpaired) electrons. The summed E-state index contributed by atoms with van der Waals surface area (Å²) < 4.78 is 5.31. The second kappa shape index (κ2) is 6.88. The van der Waals surface area contributed by atoms with Gasteiger partial charge in [-0.15, -0.1) is 0 Å². The van der Waals surface area contributed by atoms with Crippen LogP contribution in [0.4, 0.5) is 10.5 Å². The number of nitriles is 1. The Morgan fingerprint density at radius 1 is 1.19 bits per heavy atom. The monoisotopic (exact) mass is 362 g/mol. The SMILES string of the molecule is CC(C)(C)OC(=O)Nc1ccccc1C[C@]1(C#N)Cc2ccccc2C1=O. The molecule has 0 bridgehead atoms. The number of para-hydroxylation sites is 1. The summed E-state index contributed by atoms with van der Waals surface area (Å²) in [4.78, 5) is 25.1. The zero-order chi connectivity index (χ0) is 19.7. The predicted molar refractivity (Wildman–Crippen MR) is 103 cm³/mol. The van der Waals surface area contributed by atoms with Crippen molar-refractivity contribution in [2.24, 2.45) is 5.41 Å². The van der Waals surface area contributed by atoms with E-state index < -0.39 is 17.1 Å². The number of rotatable bonds is 3. The molecule has 2 aromatic rings. The molecule has 3 rings (SSSR count). The lowest BCUT2D eigenvalue weighted by Gasteiger charge is -2.23. The second-order valence-electron chi connectivity index (χ2n) is 7.82. The number of nitrogens with one attached hydrogen (secondary N) is 1. The first kappa shape index (κ1) is 18.7. The van der Waals surface area contributed by atoms with Gasteiger partial charge in [-0.3, -0.25) is 10.1 Å². The highest BCUT2D eigenvalue weighted by atomic mass is 16.6. The van der Waals surface area contributed by atoms with Gasteiger partial charge in [-0.2, -0.15) is 5.26 Å². The Morgan fingerprint density at radius 3 is 2.52 bits per heavy atom. The minimum atomic E-state index is -1.16. The first-order valence-corrected chi connectivity index (χ1v) is 8.86. The lowest BCUT2D eigenvalue weighted by Crippen LogP contribution is -2.30. The van der Waals surface area contributed by atoms with Crippen molar-refractivity contribution in [3.8, 4) is 6.07 Å². The molecule has 5 nitrogen and oxygen atoms in total. The molecule has 0 aromatic heterocycles. The number of carbonyl (C=O) groups excluding carboxylic acids is 2. The van der Waals surface area contributed by atoms with E-state index in [0.717, 1.165) is 11.1 Å². The molecule has 0 unspecified atom stereocenters. The number of anilines is 1. The molecule has 1 N–H and O–H groups in total. The summed E-state index contributed by atoms with van der Waals surface area (Å²) in [7, 11) is 0. The van der Waals surface area contributed by atoms with Gasteiger partial charge in [0.2, 0.25) is 0 Å². The molecule has 0 saturated carbocycles. The highest BCUT2D eigenvalue weighted by Gasteiger charge is 2.46. The zero-order valence-electron chi connectivity index (χ0n) is 15.7. The summed E-state index contributed by atoms with van der Waals surface area (Å²) in [5.74, 6) is -0.160. The summed E-state index contributed by atoms with van der Waals surface area (Å²) in [5, 5.41) is 12.6. The maximum atomic E-state index is 12.9. The van der Waals surface area contributed by atoms with Crippen molar-refractivity contribution in [3.63, 3.8) is 0 Å². The summed E-state index contributed by atoms with van der Waals surface area (Å²) in [5.41, 5.74) is 1.00. The summed E-state index contributed by atoms with van der Waals surface area (Å²) in [6.45, 7) is 5.37. The van der Waals surface area contributed by atoms with Crippen molar-refractivity contribution in [3.05, 3.63) is 65.2 Å². The molecule has 0 aliphatic heterocycles. The molecule has 1 atom stereocenters. The smallest absolute Gasteiger partial charge is 0.412 e. The fraction of sp³-hybridized carbons (Fsp3) is 0.318. The van der Waals surface area contributed by atoms with Gasteiger partial charge in [-0.05, 0) is 44.4 Å². The fourth-order valence-electron chi connectivity index (χ4n) is 3.37. The highest BCUT2D eigenvalue weighted by Crippen LogP contribution is 2.40.